The molecular weight excluding hydrogens is 205 g/mol. The Morgan fingerprint density at radius 3 is 2.25 bits per heavy atom. The minimum atomic E-state index is -0.383. The van der Waals surface area contributed by atoms with Crippen molar-refractivity contribution >= 4 is 5.95 Å². The molecule has 2 aliphatic rings. The van der Waals surface area contributed by atoms with Crippen LogP contribution in [0.2, 0.25) is 0 Å². The number of nitrogens with zero attached hydrogens (tertiary/aromatic N) is 2. The lowest BCUT2D eigenvalue weighted by Gasteiger charge is -2.15. The van der Waals surface area contributed by atoms with Crippen molar-refractivity contribution in [2.45, 2.75) is 25.7 Å². The molecule has 2 saturated carbocycles. The van der Waals surface area contributed by atoms with E-state index in [0.717, 1.165) is 24.3 Å². The number of hydrogen-bond acceptors (Lipinski definition) is 3. The highest BCUT2D eigenvalue weighted by molar-refractivity contribution is 5.23. The Morgan fingerprint density at radius 2 is 1.75 bits per heavy atom. The molecule has 16 heavy (non-hydrogen) atoms. The lowest BCUT2D eigenvalue weighted by Crippen LogP contribution is -2.19. The van der Waals surface area contributed by atoms with Crippen LogP contribution in [0.3, 0.4) is 0 Å². The number of hydrogen-bond donors (Lipinski definition) is 1. The third kappa shape index (κ3) is 2.31. The van der Waals surface area contributed by atoms with Crippen LogP contribution in [0.1, 0.15) is 25.7 Å². The van der Waals surface area contributed by atoms with E-state index in [1.165, 1.54) is 38.1 Å². The van der Waals surface area contributed by atoms with E-state index in [0.29, 0.717) is 5.95 Å². The van der Waals surface area contributed by atoms with E-state index in [4.69, 9.17) is 0 Å². The molecule has 86 valence electrons. The van der Waals surface area contributed by atoms with E-state index >= 15 is 0 Å². The molecule has 3 rings (SSSR count). The van der Waals surface area contributed by atoms with E-state index in [1.54, 1.807) is 0 Å². The zero-order valence-electron chi connectivity index (χ0n) is 9.19. The van der Waals surface area contributed by atoms with Gasteiger partial charge >= 0.3 is 0 Å². The molecule has 0 radical (unpaired) electrons. The predicted octanol–water partition coefficient (Wildman–Crippen LogP) is 2.46. The monoisotopic (exact) mass is 221 g/mol. The van der Waals surface area contributed by atoms with Gasteiger partial charge in [-0.1, -0.05) is 0 Å². The molecule has 2 fully saturated rings. The standard InChI is InChI=1S/C12H16FN3/c13-10-5-14-12(15-6-10)16-7-11(8-1-2-8)9-3-4-9/h5-6,8-9,11H,1-4,7H2,(H,14,15,16). The molecule has 2 aliphatic carbocycles. The number of rotatable bonds is 5. The number of halogens is 1. The Labute approximate surface area is 94.5 Å². The molecule has 0 aromatic carbocycles. The molecule has 0 saturated heterocycles. The van der Waals surface area contributed by atoms with Gasteiger partial charge < -0.3 is 5.32 Å². The minimum Gasteiger partial charge on any atom is -0.354 e. The van der Waals surface area contributed by atoms with E-state index in [-0.39, 0.29) is 5.82 Å². The molecule has 1 aromatic rings. The highest BCUT2D eigenvalue weighted by atomic mass is 19.1. The fourth-order valence-electron chi connectivity index (χ4n) is 2.38. The Hall–Kier alpha value is -1.19. The van der Waals surface area contributed by atoms with Gasteiger partial charge in [-0.25, -0.2) is 14.4 Å². The Kier molecular flexibility index (Phi) is 2.50. The molecule has 4 heteroatoms. The molecule has 1 heterocycles. The predicted molar refractivity (Wildman–Crippen MR) is 59.4 cm³/mol. The van der Waals surface area contributed by atoms with Crippen LogP contribution in [0.15, 0.2) is 12.4 Å². The second-order valence-electron chi connectivity index (χ2n) is 4.94. The van der Waals surface area contributed by atoms with Gasteiger partial charge in [0.25, 0.3) is 0 Å². The van der Waals surface area contributed by atoms with Gasteiger partial charge in [-0.15, -0.1) is 0 Å². The highest BCUT2D eigenvalue weighted by Gasteiger charge is 2.41. The average molecular weight is 221 g/mol. The smallest absolute Gasteiger partial charge is 0.222 e. The Bertz CT molecular complexity index is 345. The fraction of sp³-hybridized carbons (Fsp3) is 0.667. The van der Waals surface area contributed by atoms with Crippen molar-refractivity contribution in [1.82, 2.24) is 9.97 Å². The van der Waals surface area contributed by atoms with Gasteiger partial charge in [0, 0.05) is 6.54 Å². The van der Waals surface area contributed by atoms with E-state index < -0.39 is 0 Å². The van der Waals surface area contributed by atoms with Crippen molar-refractivity contribution < 1.29 is 4.39 Å². The zero-order valence-corrected chi connectivity index (χ0v) is 9.19. The normalized spacial score (nSPS) is 20.1. The van der Waals surface area contributed by atoms with Gasteiger partial charge in [0.15, 0.2) is 5.82 Å². The lowest BCUT2D eigenvalue weighted by molar-refractivity contribution is 0.427. The van der Waals surface area contributed by atoms with Crippen LogP contribution >= 0.6 is 0 Å². The van der Waals surface area contributed by atoms with E-state index in [1.807, 2.05) is 0 Å². The van der Waals surface area contributed by atoms with Crippen molar-refractivity contribution in [3.05, 3.63) is 18.2 Å². The summed E-state index contributed by atoms with van der Waals surface area (Å²) in [6.07, 6.45) is 7.94. The van der Waals surface area contributed by atoms with Gasteiger partial charge in [-0.3, -0.25) is 0 Å². The van der Waals surface area contributed by atoms with Crippen LogP contribution in [0.25, 0.3) is 0 Å². The minimum absolute atomic E-state index is 0.383. The van der Waals surface area contributed by atoms with Crippen LogP contribution in [0.4, 0.5) is 10.3 Å². The second-order valence-corrected chi connectivity index (χ2v) is 4.94. The van der Waals surface area contributed by atoms with Crippen LogP contribution < -0.4 is 5.32 Å². The number of aromatic nitrogens is 2. The maximum atomic E-state index is 12.6. The maximum Gasteiger partial charge on any atom is 0.222 e. The summed E-state index contributed by atoms with van der Waals surface area (Å²) in [5.74, 6) is 2.79. The quantitative estimate of drug-likeness (QED) is 0.830. The molecular formula is C12H16FN3. The van der Waals surface area contributed by atoms with Crippen LogP contribution in [0.5, 0.6) is 0 Å². The van der Waals surface area contributed by atoms with Gasteiger partial charge in [0.1, 0.15) is 0 Å². The summed E-state index contributed by atoms with van der Waals surface area (Å²) in [6, 6.07) is 0. The van der Waals surface area contributed by atoms with E-state index in [9.17, 15) is 4.39 Å². The maximum absolute atomic E-state index is 12.6. The van der Waals surface area contributed by atoms with Crippen molar-refractivity contribution in [2.75, 3.05) is 11.9 Å². The van der Waals surface area contributed by atoms with Crippen LogP contribution in [-0.2, 0) is 0 Å². The van der Waals surface area contributed by atoms with Crippen molar-refractivity contribution in [3.63, 3.8) is 0 Å². The first-order valence-corrected chi connectivity index (χ1v) is 6.04. The Balaban J connectivity index is 1.56. The molecule has 0 unspecified atom stereocenters. The molecule has 0 bridgehead atoms. The molecule has 0 spiro atoms. The number of anilines is 1. The Morgan fingerprint density at radius 1 is 1.19 bits per heavy atom. The molecule has 0 aliphatic heterocycles. The summed E-state index contributed by atoms with van der Waals surface area (Å²) >= 11 is 0. The summed E-state index contributed by atoms with van der Waals surface area (Å²) in [7, 11) is 0. The van der Waals surface area contributed by atoms with Crippen molar-refractivity contribution in [3.8, 4) is 0 Å². The lowest BCUT2D eigenvalue weighted by atomic mass is 9.98. The average Bonchev–Trinajstić information content (AvgIpc) is 3.15. The molecule has 3 nitrogen and oxygen atoms in total. The van der Waals surface area contributed by atoms with E-state index in [2.05, 4.69) is 15.3 Å². The van der Waals surface area contributed by atoms with Gasteiger partial charge in [0.2, 0.25) is 5.95 Å². The molecule has 1 N–H and O–H groups in total. The van der Waals surface area contributed by atoms with Crippen LogP contribution in [-0.4, -0.2) is 16.5 Å². The summed E-state index contributed by atoms with van der Waals surface area (Å²) in [4.78, 5) is 7.82. The van der Waals surface area contributed by atoms with Gasteiger partial charge in [-0.2, -0.15) is 0 Å². The highest BCUT2D eigenvalue weighted by Crippen LogP contribution is 2.49. The first-order valence-electron chi connectivity index (χ1n) is 6.04. The molecule has 0 atom stereocenters. The first kappa shape index (κ1) is 10.00. The number of nitrogens with one attached hydrogen (secondary N) is 1. The first-order chi connectivity index (χ1) is 7.83. The second kappa shape index (κ2) is 4.00. The fourth-order valence-corrected chi connectivity index (χ4v) is 2.38. The molecule has 0 amide bonds. The summed E-state index contributed by atoms with van der Waals surface area (Å²) in [5, 5.41) is 3.23. The summed E-state index contributed by atoms with van der Waals surface area (Å²) in [6.45, 7) is 0.945. The van der Waals surface area contributed by atoms with Crippen LogP contribution in [0, 0.1) is 23.6 Å². The van der Waals surface area contributed by atoms with Gasteiger partial charge in [0.05, 0.1) is 12.4 Å². The zero-order chi connectivity index (χ0) is 11.0. The largest absolute Gasteiger partial charge is 0.354 e. The van der Waals surface area contributed by atoms with Gasteiger partial charge in [-0.05, 0) is 43.4 Å². The third-order valence-corrected chi connectivity index (χ3v) is 3.57. The summed E-state index contributed by atoms with van der Waals surface area (Å²) in [5.41, 5.74) is 0. The van der Waals surface area contributed by atoms with Crippen molar-refractivity contribution in [2.24, 2.45) is 17.8 Å². The topological polar surface area (TPSA) is 37.8 Å². The SMILES string of the molecule is Fc1cnc(NCC(C2CC2)C2CC2)nc1. The summed E-state index contributed by atoms with van der Waals surface area (Å²) < 4.78 is 12.6. The van der Waals surface area contributed by atoms with Crippen molar-refractivity contribution in [1.29, 1.82) is 0 Å². The molecule has 1 aromatic heterocycles. The third-order valence-electron chi connectivity index (χ3n) is 3.57.